The Kier molecular flexibility index (Phi) is 10.6. The van der Waals surface area contributed by atoms with Crippen LogP contribution in [0.5, 0.6) is 5.75 Å². The first-order valence-corrected chi connectivity index (χ1v) is 11.3. The third-order valence-corrected chi connectivity index (χ3v) is 5.32. The Morgan fingerprint density at radius 2 is 1.59 bits per heavy atom. The number of benzene rings is 1. The smallest absolute Gasteiger partial charge is 0.123 e. The van der Waals surface area contributed by atoms with Crippen LogP contribution in [0, 0.1) is 0 Å². The van der Waals surface area contributed by atoms with Crippen LogP contribution in [0.25, 0.3) is 6.08 Å². The largest absolute Gasteiger partial charge is 0.490 e. The summed E-state index contributed by atoms with van der Waals surface area (Å²) in [5, 5.41) is 0. The summed E-state index contributed by atoms with van der Waals surface area (Å²) in [6, 6.07) is 8.34. The van der Waals surface area contributed by atoms with Gasteiger partial charge in [0.15, 0.2) is 0 Å². The summed E-state index contributed by atoms with van der Waals surface area (Å²) in [6.07, 6.45) is 21.1. The van der Waals surface area contributed by atoms with E-state index in [1.54, 1.807) is 0 Å². The molecule has 1 heterocycles. The minimum absolute atomic E-state index is 0.0547. The first-order chi connectivity index (χ1) is 13.2. The van der Waals surface area contributed by atoms with Crippen molar-refractivity contribution in [2.24, 2.45) is 0 Å². The minimum Gasteiger partial charge on any atom is -0.490 e. The van der Waals surface area contributed by atoms with Gasteiger partial charge in [-0.1, -0.05) is 95.4 Å². The number of hydrogen-bond donors (Lipinski definition) is 0. The molecule has 1 aromatic rings. The van der Waals surface area contributed by atoms with Crippen LogP contribution >= 0.6 is 0 Å². The van der Waals surface area contributed by atoms with Crippen molar-refractivity contribution in [3.05, 3.63) is 35.9 Å². The van der Waals surface area contributed by atoms with Crippen molar-refractivity contribution in [2.75, 3.05) is 13.2 Å². The second-order valence-corrected chi connectivity index (χ2v) is 8.33. The highest BCUT2D eigenvalue weighted by molar-refractivity contribution is 5.51. The molecule has 27 heavy (non-hydrogen) atoms. The van der Waals surface area contributed by atoms with Gasteiger partial charge in [0.2, 0.25) is 0 Å². The summed E-state index contributed by atoms with van der Waals surface area (Å²) in [4.78, 5) is 0. The van der Waals surface area contributed by atoms with E-state index >= 15 is 0 Å². The second kappa shape index (κ2) is 13.0. The molecule has 1 saturated heterocycles. The van der Waals surface area contributed by atoms with Crippen LogP contribution in [0.2, 0.25) is 0 Å². The average molecular weight is 373 g/mol. The van der Waals surface area contributed by atoms with Crippen LogP contribution in [0.3, 0.4) is 0 Å². The van der Waals surface area contributed by atoms with Crippen LogP contribution in [0.1, 0.15) is 96.5 Å². The molecule has 1 aliphatic rings. The highest BCUT2D eigenvalue weighted by Crippen LogP contribution is 2.27. The highest BCUT2D eigenvalue weighted by Gasteiger charge is 2.40. The van der Waals surface area contributed by atoms with Crippen LogP contribution in [-0.2, 0) is 4.74 Å². The molecule has 1 unspecified atom stereocenters. The fourth-order valence-electron chi connectivity index (χ4n) is 3.30. The van der Waals surface area contributed by atoms with Crippen LogP contribution in [-0.4, -0.2) is 18.8 Å². The van der Waals surface area contributed by atoms with E-state index in [0.29, 0.717) is 6.61 Å². The van der Waals surface area contributed by atoms with E-state index in [9.17, 15) is 0 Å². The van der Waals surface area contributed by atoms with Gasteiger partial charge in [-0.3, -0.25) is 0 Å². The van der Waals surface area contributed by atoms with Gasteiger partial charge in [0.1, 0.15) is 18.0 Å². The zero-order chi connectivity index (χ0) is 19.2. The third-order valence-electron chi connectivity index (χ3n) is 5.32. The van der Waals surface area contributed by atoms with E-state index in [1.165, 1.54) is 82.6 Å². The lowest BCUT2D eigenvalue weighted by molar-refractivity contribution is 0.202. The van der Waals surface area contributed by atoms with Crippen molar-refractivity contribution < 1.29 is 9.47 Å². The van der Waals surface area contributed by atoms with E-state index < -0.39 is 0 Å². The van der Waals surface area contributed by atoms with Crippen molar-refractivity contribution in [3.63, 3.8) is 0 Å². The lowest BCUT2D eigenvalue weighted by Crippen LogP contribution is -2.16. The van der Waals surface area contributed by atoms with Gasteiger partial charge in [-0.05, 0) is 37.5 Å². The molecule has 1 aromatic carbocycles. The normalized spacial score (nSPS) is 18.9. The van der Waals surface area contributed by atoms with Crippen molar-refractivity contribution in [2.45, 2.75) is 96.5 Å². The Morgan fingerprint density at radius 3 is 2.22 bits per heavy atom. The molecule has 0 spiro atoms. The number of hydrogen-bond acceptors (Lipinski definition) is 2. The SMILES string of the molecule is CCCCCCCCCCCCC/C=C/c1cccc(OCC2(C)CO2)c1. The first-order valence-electron chi connectivity index (χ1n) is 11.3. The summed E-state index contributed by atoms with van der Waals surface area (Å²) in [5.74, 6) is 0.934. The van der Waals surface area contributed by atoms with Gasteiger partial charge in [-0.2, -0.15) is 0 Å². The molecule has 152 valence electrons. The maximum absolute atomic E-state index is 5.83. The monoisotopic (exact) mass is 372 g/mol. The van der Waals surface area contributed by atoms with Gasteiger partial charge in [0, 0.05) is 0 Å². The fourth-order valence-corrected chi connectivity index (χ4v) is 3.30. The van der Waals surface area contributed by atoms with E-state index in [4.69, 9.17) is 9.47 Å². The number of rotatable bonds is 16. The zero-order valence-electron chi connectivity index (χ0n) is 17.7. The van der Waals surface area contributed by atoms with Gasteiger partial charge in [-0.25, -0.2) is 0 Å². The number of ether oxygens (including phenoxy) is 2. The molecule has 0 aromatic heterocycles. The highest BCUT2D eigenvalue weighted by atomic mass is 16.6. The van der Waals surface area contributed by atoms with Crippen LogP contribution in [0.4, 0.5) is 0 Å². The molecule has 2 nitrogen and oxygen atoms in total. The molecule has 1 fully saturated rings. The van der Waals surface area contributed by atoms with E-state index in [-0.39, 0.29) is 5.60 Å². The number of allylic oxidation sites excluding steroid dienone is 1. The van der Waals surface area contributed by atoms with Crippen LogP contribution in [0.15, 0.2) is 30.3 Å². The molecular formula is C25H40O2. The fraction of sp³-hybridized carbons (Fsp3) is 0.680. The second-order valence-electron chi connectivity index (χ2n) is 8.33. The summed E-state index contributed by atoms with van der Waals surface area (Å²) < 4.78 is 11.2. The lowest BCUT2D eigenvalue weighted by atomic mass is 10.1. The van der Waals surface area contributed by atoms with Crippen molar-refractivity contribution in [1.82, 2.24) is 0 Å². The molecule has 1 atom stereocenters. The topological polar surface area (TPSA) is 21.8 Å². The van der Waals surface area contributed by atoms with Gasteiger partial charge in [0.25, 0.3) is 0 Å². The molecule has 0 N–H and O–H groups in total. The molecule has 0 amide bonds. The minimum atomic E-state index is -0.0547. The summed E-state index contributed by atoms with van der Waals surface area (Å²) in [5.41, 5.74) is 1.17. The Hall–Kier alpha value is -1.28. The van der Waals surface area contributed by atoms with E-state index in [0.717, 1.165) is 12.4 Å². The zero-order valence-corrected chi connectivity index (χ0v) is 17.7. The van der Waals surface area contributed by atoms with Crippen molar-refractivity contribution in [1.29, 1.82) is 0 Å². The van der Waals surface area contributed by atoms with Crippen molar-refractivity contribution in [3.8, 4) is 5.75 Å². The predicted octanol–water partition coefficient (Wildman–Crippen LogP) is 7.57. The molecule has 0 radical (unpaired) electrons. The van der Waals surface area contributed by atoms with Gasteiger partial charge >= 0.3 is 0 Å². The number of epoxide rings is 1. The average Bonchev–Trinajstić information content (AvgIpc) is 3.42. The Bertz CT molecular complexity index is 531. The summed E-state index contributed by atoms with van der Waals surface area (Å²) in [6.45, 7) is 5.82. The standard InChI is InChI=1S/C25H40O2/c1-3-4-5-6-7-8-9-10-11-12-13-14-15-17-23-18-16-19-24(20-23)26-21-25(2)22-27-25/h15-20H,3-14,21-22H2,1-2H3/b17-15+. The first kappa shape index (κ1) is 22.0. The Labute approximate surface area is 167 Å². The molecule has 1 aliphatic heterocycles. The predicted molar refractivity (Wildman–Crippen MR) is 116 cm³/mol. The molecule has 2 rings (SSSR count). The molecule has 0 aliphatic carbocycles. The van der Waals surface area contributed by atoms with Crippen molar-refractivity contribution >= 4 is 6.08 Å². The van der Waals surface area contributed by atoms with Gasteiger partial charge in [0.05, 0.1) is 6.61 Å². The molecular weight excluding hydrogens is 332 g/mol. The van der Waals surface area contributed by atoms with Gasteiger partial charge in [-0.15, -0.1) is 0 Å². The molecule has 0 saturated carbocycles. The maximum atomic E-state index is 5.83. The summed E-state index contributed by atoms with van der Waals surface area (Å²) in [7, 11) is 0. The van der Waals surface area contributed by atoms with Gasteiger partial charge < -0.3 is 9.47 Å². The molecule has 2 heteroatoms. The maximum Gasteiger partial charge on any atom is 0.123 e. The van der Waals surface area contributed by atoms with E-state index in [1.807, 2.05) is 6.07 Å². The lowest BCUT2D eigenvalue weighted by Gasteiger charge is -2.09. The van der Waals surface area contributed by atoms with E-state index in [2.05, 4.69) is 44.2 Å². The Balaban J connectivity index is 1.46. The number of unbranched alkanes of at least 4 members (excludes halogenated alkanes) is 11. The quantitative estimate of drug-likeness (QED) is 0.220. The third kappa shape index (κ3) is 10.6. The van der Waals surface area contributed by atoms with Crippen LogP contribution < -0.4 is 4.74 Å². The molecule has 0 bridgehead atoms. The summed E-state index contributed by atoms with van der Waals surface area (Å²) >= 11 is 0. The Morgan fingerprint density at radius 1 is 0.963 bits per heavy atom.